The molecule has 3 rings (SSSR count). The predicted molar refractivity (Wildman–Crippen MR) is 68.8 cm³/mol. The summed E-state index contributed by atoms with van der Waals surface area (Å²) in [4.78, 5) is 15.5. The number of rotatable bonds is 2. The molecule has 1 amide bonds. The van der Waals surface area contributed by atoms with Gasteiger partial charge in [-0.3, -0.25) is 4.79 Å². The maximum Gasteiger partial charge on any atom is 0.225 e. The van der Waals surface area contributed by atoms with Crippen LogP contribution in [0.1, 0.15) is 43.0 Å². The van der Waals surface area contributed by atoms with Crippen LogP contribution in [0.4, 0.5) is 0 Å². The highest BCUT2D eigenvalue weighted by atomic mass is 32.1. The van der Waals surface area contributed by atoms with E-state index < -0.39 is 0 Å². The Balaban J connectivity index is 1.90. The maximum absolute atomic E-state index is 12.1. The first-order valence-corrected chi connectivity index (χ1v) is 7.25. The van der Waals surface area contributed by atoms with Crippen LogP contribution in [0.25, 0.3) is 0 Å². The van der Waals surface area contributed by atoms with Crippen molar-refractivity contribution in [1.82, 2.24) is 4.90 Å². The van der Waals surface area contributed by atoms with Gasteiger partial charge in [-0.15, -0.1) is 11.3 Å². The fourth-order valence-electron chi connectivity index (χ4n) is 3.20. The minimum absolute atomic E-state index is 0.0262. The third kappa shape index (κ3) is 1.89. The summed E-state index contributed by atoms with van der Waals surface area (Å²) in [5.74, 6) is 0.253. The summed E-state index contributed by atoms with van der Waals surface area (Å²) >= 11 is 1.71. The lowest BCUT2D eigenvalue weighted by molar-refractivity contribution is -0.131. The zero-order valence-electron chi connectivity index (χ0n) is 9.84. The Bertz CT molecular complexity index is 398. The van der Waals surface area contributed by atoms with Gasteiger partial charge in [0, 0.05) is 23.4 Å². The van der Waals surface area contributed by atoms with Gasteiger partial charge in [0.15, 0.2) is 0 Å². The highest BCUT2D eigenvalue weighted by Crippen LogP contribution is 2.39. The van der Waals surface area contributed by atoms with Crippen molar-refractivity contribution in [1.29, 1.82) is 0 Å². The van der Waals surface area contributed by atoms with Crippen molar-refractivity contribution in [3.05, 3.63) is 22.4 Å². The molecule has 2 unspecified atom stereocenters. The zero-order chi connectivity index (χ0) is 11.8. The second kappa shape index (κ2) is 4.42. The van der Waals surface area contributed by atoms with Crippen molar-refractivity contribution in [3.63, 3.8) is 0 Å². The molecule has 0 aromatic carbocycles. The van der Waals surface area contributed by atoms with Crippen LogP contribution in [-0.2, 0) is 4.79 Å². The fourth-order valence-corrected chi connectivity index (χ4v) is 4.10. The van der Waals surface area contributed by atoms with Crippen LogP contribution in [-0.4, -0.2) is 22.9 Å². The molecule has 2 heterocycles. The van der Waals surface area contributed by atoms with Crippen LogP contribution < -0.4 is 5.73 Å². The van der Waals surface area contributed by atoms with Gasteiger partial charge in [-0.1, -0.05) is 18.9 Å². The number of carbonyl (C=O) groups is 1. The smallest absolute Gasteiger partial charge is 0.225 e. The monoisotopic (exact) mass is 250 g/mol. The van der Waals surface area contributed by atoms with Gasteiger partial charge < -0.3 is 10.6 Å². The van der Waals surface area contributed by atoms with E-state index in [4.69, 9.17) is 5.73 Å². The number of carbonyl (C=O) groups excluding carboxylic acids is 1. The van der Waals surface area contributed by atoms with Crippen LogP contribution in [0, 0.1) is 0 Å². The van der Waals surface area contributed by atoms with Crippen LogP contribution in [0.2, 0.25) is 0 Å². The van der Waals surface area contributed by atoms with E-state index in [2.05, 4.69) is 16.3 Å². The topological polar surface area (TPSA) is 46.3 Å². The van der Waals surface area contributed by atoms with Crippen LogP contribution >= 0.6 is 11.3 Å². The molecule has 0 bridgehead atoms. The van der Waals surface area contributed by atoms with Crippen molar-refractivity contribution in [2.75, 3.05) is 0 Å². The average molecular weight is 250 g/mol. The van der Waals surface area contributed by atoms with E-state index in [0.29, 0.717) is 12.5 Å². The molecule has 1 aromatic heterocycles. The summed E-state index contributed by atoms with van der Waals surface area (Å²) in [6.45, 7) is 0. The molecule has 2 atom stereocenters. The Labute approximate surface area is 106 Å². The molecule has 1 aliphatic carbocycles. The predicted octanol–water partition coefficient (Wildman–Crippen LogP) is 2.29. The molecule has 2 aliphatic rings. The van der Waals surface area contributed by atoms with E-state index >= 15 is 0 Å². The van der Waals surface area contributed by atoms with Crippen molar-refractivity contribution in [2.45, 2.75) is 50.2 Å². The minimum atomic E-state index is -0.0262. The standard InChI is InChI=1S/C13H18N2OS/c14-10-8-12(16)15(9-4-1-2-5-9)13(10)11-6-3-7-17-11/h3,6-7,9-10,13H,1-2,4-5,8,14H2. The lowest BCUT2D eigenvalue weighted by Crippen LogP contribution is -2.38. The first-order chi connectivity index (χ1) is 8.27. The summed E-state index contributed by atoms with van der Waals surface area (Å²) in [6.07, 6.45) is 5.32. The van der Waals surface area contributed by atoms with Gasteiger partial charge in [0.05, 0.1) is 6.04 Å². The van der Waals surface area contributed by atoms with Crippen LogP contribution in [0.15, 0.2) is 17.5 Å². The molecule has 17 heavy (non-hydrogen) atoms. The van der Waals surface area contributed by atoms with Gasteiger partial charge in [0.25, 0.3) is 0 Å². The van der Waals surface area contributed by atoms with E-state index in [1.165, 1.54) is 17.7 Å². The Hall–Kier alpha value is -0.870. The molecular weight excluding hydrogens is 232 g/mol. The van der Waals surface area contributed by atoms with E-state index in [1.54, 1.807) is 11.3 Å². The number of hydrogen-bond donors (Lipinski definition) is 1. The van der Waals surface area contributed by atoms with E-state index in [1.807, 2.05) is 6.07 Å². The Morgan fingerprint density at radius 2 is 2.12 bits per heavy atom. The summed E-state index contributed by atoms with van der Waals surface area (Å²) in [6, 6.07) is 4.69. The lowest BCUT2D eigenvalue weighted by atomic mass is 10.1. The van der Waals surface area contributed by atoms with Gasteiger partial charge in [0.2, 0.25) is 5.91 Å². The van der Waals surface area contributed by atoms with E-state index in [0.717, 1.165) is 12.8 Å². The largest absolute Gasteiger partial charge is 0.330 e. The highest BCUT2D eigenvalue weighted by Gasteiger charge is 2.43. The van der Waals surface area contributed by atoms with Crippen molar-refractivity contribution in [2.24, 2.45) is 5.73 Å². The first kappa shape index (κ1) is 11.2. The van der Waals surface area contributed by atoms with Crippen LogP contribution in [0.5, 0.6) is 0 Å². The number of nitrogens with zero attached hydrogens (tertiary/aromatic N) is 1. The first-order valence-electron chi connectivity index (χ1n) is 6.37. The molecule has 0 spiro atoms. The van der Waals surface area contributed by atoms with Gasteiger partial charge in [-0.05, 0) is 24.3 Å². The second-order valence-electron chi connectivity index (χ2n) is 5.07. The van der Waals surface area contributed by atoms with Crippen LogP contribution in [0.3, 0.4) is 0 Å². The third-order valence-electron chi connectivity index (χ3n) is 3.96. The van der Waals surface area contributed by atoms with E-state index in [9.17, 15) is 4.79 Å². The van der Waals surface area contributed by atoms with E-state index in [-0.39, 0.29) is 18.0 Å². The molecule has 4 heteroatoms. The zero-order valence-corrected chi connectivity index (χ0v) is 10.7. The number of amides is 1. The molecule has 1 saturated heterocycles. The summed E-state index contributed by atoms with van der Waals surface area (Å²) < 4.78 is 0. The number of likely N-dealkylation sites (tertiary alicyclic amines) is 1. The summed E-state index contributed by atoms with van der Waals surface area (Å²) in [5.41, 5.74) is 6.16. The highest BCUT2D eigenvalue weighted by molar-refractivity contribution is 7.10. The molecule has 92 valence electrons. The Morgan fingerprint density at radius 1 is 1.35 bits per heavy atom. The molecule has 1 aromatic rings. The molecular formula is C13H18N2OS. The Morgan fingerprint density at radius 3 is 2.76 bits per heavy atom. The van der Waals surface area contributed by atoms with Gasteiger partial charge in [-0.2, -0.15) is 0 Å². The second-order valence-corrected chi connectivity index (χ2v) is 6.05. The molecule has 2 N–H and O–H groups in total. The molecule has 2 fully saturated rings. The minimum Gasteiger partial charge on any atom is -0.330 e. The van der Waals surface area contributed by atoms with Crippen molar-refractivity contribution >= 4 is 17.2 Å². The van der Waals surface area contributed by atoms with Crippen molar-refractivity contribution < 1.29 is 4.79 Å². The third-order valence-corrected chi connectivity index (χ3v) is 4.90. The quantitative estimate of drug-likeness (QED) is 0.875. The molecule has 3 nitrogen and oxygen atoms in total. The normalized spacial score (nSPS) is 30.4. The average Bonchev–Trinajstić information content (AvgIpc) is 2.98. The van der Waals surface area contributed by atoms with Gasteiger partial charge in [0.1, 0.15) is 0 Å². The van der Waals surface area contributed by atoms with Crippen molar-refractivity contribution in [3.8, 4) is 0 Å². The molecule has 0 radical (unpaired) electrons. The fraction of sp³-hybridized carbons (Fsp3) is 0.615. The summed E-state index contributed by atoms with van der Waals surface area (Å²) in [7, 11) is 0. The SMILES string of the molecule is NC1CC(=O)N(C2CCCC2)C1c1cccs1. The van der Waals surface area contributed by atoms with Gasteiger partial charge >= 0.3 is 0 Å². The maximum atomic E-state index is 12.1. The molecule has 1 aliphatic heterocycles. The summed E-state index contributed by atoms with van der Waals surface area (Å²) in [5, 5.41) is 2.07. The van der Waals surface area contributed by atoms with Gasteiger partial charge in [-0.25, -0.2) is 0 Å². The Kier molecular flexibility index (Phi) is 2.92. The number of thiophene rings is 1. The number of hydrogen-bond acceptors (Lipinski definition) is 3. The lowest BCUT2D eigenvalue weighted by Gasteiger charge is -2.31. The molecule has 1 saturated carbocycles. The number of nitrogens with two attached hydrogens (primary N) is 1.